The zero-order valence-electron chi connectivity index (χ0n) is 14.3. The van der Waals surface area contributed by atoms with E-state index in [9.17, 15) is 13.2 Å². The minimum atomic E-state index is -3.56. The molecule has 0 bridgehead atoms. The summed E-state index contributed by atoms with van der Waals surface area (Å²) in [4.78, 5) is 14.0. The van der Waals surface area contributed by atoms with Gasteiger partial charge in [0.25, 0.3) is 0 Å². The fraction of sp³-hybridized carbons (Fsp3) is 0.389. The smallest absolute Gasteiger partial charge is 0.243 e. The molecule has 1 aliphatic heterocycles. The van der Waals surface area contributed by atoms with Gasteiger partial charge in [-0.15, -0.1) is 0 Å². The lowest BCUT2D eigenvalue weighted by Gasteiger charge is -2.34. The van der Waals surface area contributed by atoms with Crippen LogP contribution in [0, 0.1) is 0 Å². The van der Waals surface area contributed by atoms with Gasteiger partial charge in [0, 0.05) is 38.6 Å². The molecule has 6 nitrogen and oxygen atoms in total. The van der Waals surface area contributed by atoms with Crippen LogP contribution in [0.15, 0.2) is 47.4 Å². The number of sulfonamides is 1. The number of carbonyl (C=O) groups is 1. The third-order valence-corrected chi connectivity index (χ3v) is 6.34. The monoisotopic (exact) mass is 361 g/mol. The summed E-state index contributed by atoms with van der Waals surface area (Å²) in [5.74, 6) is -0.0160. The van der Waals surface area contributed by atoms with Gasteiger partial charge >= 0.3 is 0 Å². The Bertz CT molecular complexity index is 872. The SMILES string of the molecule is CC(N)CC(=O)N1CCN(S(=O)(=O)c2ccc3ccccc3c2)CC1. The number of benzene rings is 2. The standard InChI is InChI=1S/C18H23N3O3S/c1-14(19)12-18(22)20-8-10-21(11-9-20)25(23,24)17-7-6-15-4-2-3-5-16(15)13-17/h2-7,13-14H,8-12,19H2,1H3. The highest BCUT2D eigenvalue weighted by atomic mass is 32.2. The molecular formula is C18H23N3O3S. The van der Waals surface area contributed by atoms with Crippen LogP contribution in [-0.2, 0) is 14.8 Å². The summed E-state index contributed by atoms with van der Waals surface area (Å²) in [6, 6.07) is 12.7. The Morgan fingerprint density at radius 1 is 1.08 bits per heavy atom. The van der Waals surface area contributed by atoms with Gasteiger partial charge in [0.1, 0.15) is 0 Å². The van der Waals surface area contributed by atoms with Crippen LogP contribution in [0.3, 0.4) is 0 Å². The maximum atomic E-state index is 12.9. The number of nitrogens with two attached hydrogens (primary N) is 1. The van der Waals surface area contributed by atoms with E-state index < -0.39 is 10.0 Å². The first-order chi connectivity index (χ1) is 11.9. The molecule has 1 unspecified atom stereocenters. The van der Waals surface area contributed by atoms with Crippen molar-refractivity contribution in [1.29, 1.82) is 0 Å². The van der Waals surface area contributed by atoms with E-state index in [-0.39, 0.29) is 18.4 Å². The largest absolute Gasteiger partial charge is 0.340 e. The number of hydrogen-bond donors (Lipinski definition) is 1. The maximum Gasteiger partial charge on any atom is 0.243 e. The summed E-state index contributed by atoms with van der Waals surface area (Å²) in [5, 5.41) is 1.90. The Balaban J connectivity index is 1.74. The Hall–Kier alpha value is -1.96. The second-order valence-corrected chi connectivity index (χ2v) is 8.41. The van der Waals surface area contributed by atoms with Crippen LogP contribution in [0.4, 0.5) is 0 Å². The zero-order valence-corrected chi connectivity index (χ0v) is 15.1. The molecule has 2 aromatic rings. The molecule has 7 heteroatoms. The number of carbonyl (C=O) groups excluding carboxylic acids is 1. The number of amides is 1. The predicted molar refractivity (Wildman–Crippen MR) is 97.6 cm³/mol. The summed E-state index contributed by atoms with van der Waals surface area (Å²) in [5.41, 5.74) is 5.66. The molecule has 25 heavy (non-hydrogen) atoms. The van der Waals surface area contributed by atoms with Crippen LogP contribution in [0.25, 0.3) is 10.8 Å². The zero-order chi connectivity index (χ0) is 18.0. The van der Waals surface area contributed by atoms with Crippen molar-refractivity contribution < 1.29 is 13.2 Å². The van der Waals surface area contributed by atoms with E-state index in [2.05, 4.69) is 0 Å². The minimum Gasteiger partial charge on any atom is -0.340 e. The second kappa shape index (κ2) is 7.11. The lowest BCUT2D eigenvalue weighted by molar-refractivity contribution is -0.132. The van der Waals surface area contributed by atoms with Crippen LogP contribution >= 0.6 is 0 Å². The van der Waals surface area contributed by atoms with Gasteiger partial charge in [0.05, 0.1) is 4.90 Å². The molecule has 3 rings (SSSR count). The minimum absolute atomic E-state index is 0.0160. The number of piperazine rings is 1. The van der Waals surface area contributed by atoms with Gasteiger partial charge < -0.3 is 10.6 Å². The van der Waals surface area contributed by atoms with Gasteiger partial charge in [-0.3, -0.25) is 4.79 Å². The summed E-state index contributed by atoms with van der Waals surface area (Å²) in [6.07, 6.45) is 0.289. The van der Waals surface area contributed by atoms with Gasteiger partial charge in [0.2, 0.25) is 15.9 Å². The normalized spacial score (nSPS) is 17.6. The van der Waals surface area contributed by atoms with Crippen LogP contribution in [-0.4, -0.2) is 55.8 Å². The van der Waals surface area contributed by atoms with Gasteiger partial charge in [0.15, 0.2) is 0 Å². The van der Waals surface area contributed by atoms with E-state index in [0.717, 1.165) is 10.8 Å². The van der Waals surface area contributed by atoms with Gasteiger partial charge in [-0.2, -0.15) is 4.31 Å². The Labute approximate surface area is 148 Å². The molecule has 0 spiro atoms. The molecule has 0 aromatic heterocycles. The second-order valence-electron chi connectivity index (χ2n) is 6.48. The molecule has 1 saturated heterocycles. The van der Waals surface area contributed by atoms with Crippen molar-refractivity contribution in [3.63, 3.8) is 0 Å². The number of rotatable bonds is 4. The number of nitrogens with zero attached hydrogens (tertiary/aromatic N) is 2. The third-order valence-electron chi connectivity index (χ3n) is 4.45. The van der Waals surface area contributed by atoms with Crippen molar-refractivity contribution in [2.45, 2.75) is 24.3 Å². The Kier molecular flexibility index (Phi) is 5.08. The third kappa shape index (κ3) is 3.84. The summed E-state index contributed by atoms with van der Waals surface area (Å²) in [6.45, 7) is 3.20. The highest BCUT2D eigenvalue weighted by Gasteiger charge is 2.30. The first-order valence-electron chi connectivity index (χ1n) is 8.40. The lowest BCUT2D eigenvalue weighted by atomic mass is 10.1. The molecule has 1 amide bonds. The molecule has 0 saturated carbocycles. The van der Waals surface area contributed by atoms with Crippen LogP contribution < -0.4 is 5.73 Å². The first kappa shape index (κ1) is 17.8. The molecule has 0 aliphatic carbocycles. The highest BCUT2D eigenvalue weighted by molar-refractivity contribution is 7.89. The average molecular weight is 361 g/mol. The molecule has 1 fully saturated rings. The maximum absolute atomic E-state index is 12.9. The Morgan fingerprint density at radius 3 is 2.36 bits per heavy atom. The predicted octanol–water partition coefficient (Wildman–Crippen LogP) is 1.41. The van der Waals surface area contributed by atoms with Crippen LogP contribution in [0.1, 0.15) is 13.3 Å². The van der Waals surface area contributed by atoms with E-state index >= 15 is 0 Å². The summed E-state index contributed by atoms with van der Waals surface area (Å²) in [7, 11) is -3.56. The van der Waals surface area contributed by atoms with Gasteiger partial charge in [-0.1, -0.05) is 30.3 Å². The van der Waals surface area contributed by atoms with Crippen molar-refractivity contribution >= 4 is 26.7 Å². The topological polar surface area (TPSA) is 83.7 Å². The molecule has 1 heterocycles. The molecule has 2 aromatic carbocycles. The van der Waals surface area contributed by atoms with Crippen molar-refractivity contribution in [2.75, 3.05) is 26.2 Å². The summed E-state index contributed by atoms with van der Waals surface area (Å²) >= 11 is 0. The van der Waals surface area contributed by atoms with Crippen LogP contribution in [0.5, 0.6) is 0 Å². The van der Waals surface area contributed by atoms with Crippen molar-refractivity contribution in [1.82, 2.24) is 9.21 Å². The van der Waals surface area contributed by atoms with E-state index in [0.29, 0.717) is 31.1 Å². The van der Waals surface area contributed by atoms with Gasteiger partial charge in [-0.25, -0.2) is 8.42 Å². The van der Waals surface area contributed by atoms with Crippen LogP contribution in [0.2, 0.25) is 0 Å². The lowest BCUT2D eigenvalue weighted by Crippen LogP contribution is -2.51. The van der Waals surface area contributed by atoms with Crippen molar-refractivity contribution in [3.8, 4) is 0 Å². The number of hydrogen-bond acceptors (Lipinski definition) is 4. The summed E-state index contributed by atoms with van der Waals surface area (Å²) < 4.78 is 27.2. The molecule has 134 valence electrons. The first-order valence-corrected chi connectivity index (χ1v) is 9.84. The van der Waals surface area contributed by atoms with E-state index in [4.69, 9.17) is 5.73 Å². The molecule has 1 aliphatic rings. The van der Waals surface area contributed by atoms with Gasteiger partial charge in [-0.05, 0) is 29.8 Å². The average Bonchev–Trinajstić information content (AvgIpc) is 2.61. The van der Waals surface area contributed by atoms with E-state index in [1.54, 1.807) is 24.0 Å². The Morgan fingerprint density at radius 2 is 1.72 bits per heavy atom. The molecule has 2 N–H and O–H groups in total. The van der Waals surface area contributed by atoms with Crippen molar-refractivity contribution in [3.05, 3.63) is 42.5 Å². The number of fused-ring (bicyclic) bond motifs is 1. The fourth-order valence-electron chi connectivity index (χ4n) is 3.06. The fourth-order valence-corrected chi connectivity index (χ4v) is 4.52. The molecule has 0 radical (unpaired) electrons. The molecule has 1 atom stereocenters. The van der Waals surface area contributed by atoms with E-state index in [1.165, 1.54) is 4.31 Å². The van der Waals surface area contributed by atoms with Crippen molar-refractivity contribution in [2.24, 2.45) is 5.73 Å². The quantitative estimate of drug-likeness (QED) is 0.892. The highest BCUT2D eigenvalue weighted by Crippen LogP contribution is 2.23. The van der Waals surface area contributed by atoms with E-state index in [1.807, 2.05) is 30.3 Å². The molecular weight excluding hydrogens is 338 g/mol.